The maximum atomic E-state index is 13.8. The summed E-state index contributed by atoms with van der Waals surface area (Å²) in [5.74, 6) is -0.558. The number of thioether (sulfide) groups is 1. The summed E-state index contributed by atoms with van der Waals surface area (Å²) >= 11 is 2.76. The Balaban J connectivity index is 1.35. The fourth-order valence-corrected chi connectivity index (χ4v) is 8.11. The van der Waals surface area contributed by atoms with E-state index < -0.39 is 23.0 Å². The summed E-state index contributed by atoms with van der Waals surface area (Å²) < 4.78 is 21.5. The molecule has 3 amide bonds. The molecular weight excluding hydrogens is 715 g/mol. The number of thiophene rings is 1. The van der Waals surface area contributed by atoms with E-state index in [-0.39, 0.29) is 11.6 Å². The molecule has 0 radical (unpaired) electrons. The average Bonchev–Trinajstić information content (AvgIpc) is 3.49. The first-order valence-electron chi connectivity index (χ1n) is 17.2. The van der Waals surface area contributed by atoms with Crippen molar-refractivity contribution in [2.75, 3.05) is 39.1 Å². The standard InChI is InChI=1S/C40H43N3O8S2/c1-24(36(44)43-39-35(40(47)51-5)29-18-11-6-7-12-19-34(29)53-39)52-28-17-13-16-27(22-28)41-38(46)30(42-37(45)25-14-9-8-10-15-25)20-26-21-32(49-3)33(50-4)23-31(26)48-2/h8-10,13-17,20-24H,6-7,11-12,18-19H2,1-5H3,(H,41,46)(H,42,45)(H,43,44)/b30-20+. The van der Waals surface area contributed by atoms with Crippen molar-refractivity contribution in [1.29, 1.82) is 0 Å². The summed E-state index contributed by atoms with van der Waals surface area (Å²) in [5, 5.41) is 8.58. The second-order valence-electron chi connectivity index (χ2n) is 12.2. The van der Waals surface area contributed by atoms with Crippen molar-refractivity contribution in [1.82, 2.24) is 5.32 Å². The molecule has 3 aromatic carbocycles. The van der Waals surface area contributed by atoms with Crippen LogP contribution in [0.15, 0.2) is 77.3 Å². The van der Waals surface area contributed by atoms with Crippen molar-refractivity contribution < 1.29 is 38.1 Å². The molecule has 3 N–H and O–H groups in total. The Morgan fingerprint density at radius 2 is 1.49 bits per heavy atom. The van der Waals surface area contributed by atoms with Crippen LogP contribution in [-0.2, 0) is 27.2 Å². The van der Waals surface area contributed by atoms with E-state index in [0.29, 0.717) is 44.6 Å². The Morgan fingerprint density at radius 1 is 0.792 bits per heavy atom. The number of fused-ring (bicyclic) bond motifs is 1. The maximum Gasteiger partial charge on any atom is 0.341 e. The van der Waals surface area contributed by atoms with Crippen molar-refractivity contribution in [3.63, 3.8) is 0 Å². The van der Waals surface area contributed by atoms with Gasteiger partial charge in [0, 0.05) is 32.7 Å². The third-order valence-electron chi connectivity index (χ3n) is 8.64. The van der Waals surface area contributed by atoms with E-state index in [9.17, 15) is 19.2 Å². The van der Waals surface area contributed by atoms with Crippen molar-refractivity contribution in [3.8, 4) is 17.2 Å². The van der Waals surface area contributed by atoms with E-state index >= 15 is 0 Å². The predicted octanol–water partition coefficient (Wildman–Crippen LogP) is 7.75. The molecule has 1 atom stereocenters. The molecule has 0 saturated heterocycles. The molecule has 1 heterocycles. The molecule has 0 fully saturated rings. The zero-order valence-electron chi connectivity index (χ0n) is 30.3. The van der Waals surface area contributed by atoms with Gasteiger partial charge in [-0.1, -0.05) is 37.1 Å². The van der Waals surface area contributed by atoms with Crippen LogP contribution in [-0.4, -0.2) is 57.4 Å². The zero-order chi connectivity index (χ0) is 37.9. The largest absolute Gasteiger partial charge is 0.496 e. The quantitative estimate of drug-likeness (QED) is 0.0710. The highest BCUT2D eigenvalue weighted by molar-refractivity contribution is 8.00. The molecule has 0 saturated carbocycles. The molecule has 1 unspecified atom stereocenters. The number of benzene rings is 3. The van der Waals surface area contributed by atoms with E-state index in [0.717, 1.165) is 53.9 Å². The van der Waals surface area contributed by atoms with E-state index in [4.69, 9.17) is 18.9 Å². The van der Waals surface area contributed by atoms with Gasteiger partial charge in [0.2, 0.25) is 5.91 Å². The first-order chi connectivity index (χ1) is 25.6. The van der Waals surface area contributed by atoms with Crippen molar-refractivity contribution in [3.05, 3.63) is 99.6 Å². The molecule has 13 heteroatoms. The lowest BCUT2D eigenvalue weighted by Crippen LogP contribution is -2.30. The number of esters is 1. The highest BCUT2D eigenvalue weighted by Gasteiger charge is 2.27. The molecule has 1 aromatic heterocycles. The van der Waals surface area contributed by atoms with Crippen LogP contribution in [0.4, 0.5) is 10.7 Å². The van der Waals surface area contributed by atoms with Gasteiger partial charge in [0.25, 0.3) is 11.8 Å². The Morgan fingerprint density at radius 3 is 2.19 bits per heavy atom. The minimum atomic E-state index is -0.595. The zero-order valence-corrected chi connectivity index (χ0v) is 32.0. The van der Waals surface area contributed by atoms with Crippen LogP contribution >= 0.6 is 23.1 Å². The molecule has 53 heavy (non-hydrogen) atoms. The molecule has 0 spiro atoms. The van der Waals surface area contributed by atoms with E-state index in [1.165, 1.54) is 57.6 Å². The van der Waals surface area contributed by atoms with Crippen LogP contribution in [0.1, 0.15) is 69.3 Å². The number of hydrogen-bond acceptors (Lipinski definition) is 10. The lowest BCUT2D eigenvalue weighted by Gasteiger charge is -2.15. The summed E-state index contributed by atoms with van der Waals surface area (Å²) in [7, 11) is 5.84. The van der Waals surface area contributed by atoms with Crippen LogP contribution < -0.4 is 30.2 Å². The minimum Gasteiger partial charge on any atom is -0.496 e. The topological polar surface area (TPSA) is 141 Å². The first-order valence-corrected chi connectivity index (χ1v) is 18.8. The number of nitrogens with one attached hydrogen (secondary N) is 3. The number of aryl methyl sites for hydroxylation is 1. The van der Waals surface area contributed by atoms with Crippen molar-refractivity contribution in [2.45, 2.75) is 55.6 Å². The van der Waals surface area contributed by atoms with Crippen LogP contribution in [0.25, 0.3) is 6.08 Å². The first kappa shape index (κ1) is 38.9. The highest BCUT2D eigenvalue weighted by Crippen LogP contribution is 2.39. The molecule has 278 valence electrons. The van der Waals surface area contributed by atoms with E-state index in [1.54, 1.807) is 67.6 Å². The van der Waals surface area contributed by atoms with Gasteiger partial charge >= 0.3 is 5.97 Å². The van der Waals surface area contributed by atoms with Gasteiger partial charge in [0.05, 0.1) is 39.3 Å². The van der Waals surface area contributed by atoms with Crippen LogP contribution in [0.3, 0.4) is 0 Å². The smallest absolute Gasteiger partial charge is 0.341 e. The Hall–Kier alpha value is -5.27. The third-order valence-corrected chi connectivity index (χ3v) is 10.9. The van der Waals surface area contributed by atoms with Gasteiger partial charge in [0.15, 0.2) is 11.5 Å². The van der Waals surface area contributed by atoms with E-state index in [2.05, 4.69) is 16.0 Å². The van der Waals surface area contributed by atoms with Gasteiger partial charge in [-0.2, -0.15) is 0 Å². The van der Waals surface area contributed by atoms with Gasteiger partial charge < -0.3 is 34.9 Å². The summed E-state index contributed by atoms with van der Waals surface area (Å²) in [6.07, 6.45) is 7.43. The van der Waals surface area contributed by atoms with Crippen LogP contribution in [0.2, 0.25) is 0 Å². The lowest BCUT2D eigenvalue weighted by atomic mass is 9.96. The molecule has 4 aromatic rings. The molecule has 1 aliphatic carbocycles. The van der Waals surface area contributed by atoms with Gasteiger partial charge in [-0.25, -0.2) is 4.79 Å². The highest BCUT2D eigenvalue weighted by atomic mass is 32.2. The normalized spacial score (nSPS) is 13.3. The monoisotopic (exact) mass is 757 g/mol. The fourth-order valence-electron chi connectivity index (χ4n) is 5.91. The average molecular weight is 758 g/mol. The minimum absolute atomic E-state index is 0.0540. The number of rotatable bonds is 13. The SMILES string of the molecule is COC(=O)c1c(NC(=O)C(C)Sc2cccc(NC(=O)/C(=C\c3cc(OC)c(OC)cc3OC)NC(=O)c3ccccc3)c2)sc2c1CCCCCC2. The predicted molar refractivity (Wildman–Crippen MR) is 209 cm³/mol. The molecule has 0 aliphatic heterocycles. The Bertz CT molecular complexity index is 1990. The number of hydrogen-bond donors (Lipinski definition) is 3. The van der Waals surface area contributed by atoms with Gasteiger partial charge in [-0.15, -0.1) is 23.1 Å². The van der Waals surface area contributed by atoms with Crippen molar-refractivity contribution in [2.24, 2.45) is 0 Å². The number of anilines is 2. The number of amides is 3. The lowest BCUT2D eigenvalue weighted by molar-refractivity contribution is -0.115. The summed E-state index contributed by atoms with van der Waals surface area (Å²) in [6.45, 7) is 1.78. The summed E-state index contributed by atoms with van der Waals surface area (Å²) in [4.78, 5) is 55.3. The van der Waals surface area contributed by atoms with Gasteiger partial charge in [-0.3, -0.25) is 14.4 Å². The Kier molecular flexibility index (Phi) is 13.6. The Labute approximate surface area is 317 Å². The van der Waals surface area contributed by atoms with Crippen LogP contribution in [0, 0.1) is 0 Å². The number of carbonyl (C=O) groups is 4. The number of carbonyl (C=O) groups excluding carboxylic acids is 4. The second-order valence-corrected chi connectivity index (χ2v) is 14.7. The number of methoxy groups -OCH3 is 4. The number of ether oxygens (including phenoxy) is 4. The molecule has 0 bridgehead atoms. The van der Waals surface area contributed by atoms with Crippen molar-refractivity contribution >= 4 is 63.6 Å². The van der Waals surface area contributed by atoms with E-state index in [1.807, 2.05) is 6.07 Å². The summed E-state index contributed by atoms with van der Waals surface area (Å²) in [6, 6.07) is 18.9. The molecule has 1 aliphatic rings. The maximum absolute atomic E-state index is 13.8. The molecule has 5 rings (SSSR count). The molecule has 11 nitrogen and oxygen atoms in total. The molecular formula is C40H43N3O8S2. The van der Waals surface area contributed by atoms with Crippen LogP contribution in [0.5, 0.6) is 17.2 Å². The summed E-state index contributed by atoms with van der Waals surface area (Å²) in [5.41, 5.74) is 2.65. The second kappa shape index (κ2) is 18.5. The third kappa shape index (κ3) is 9.79. The van der Waals surface area contributed by atoms with Gasteiger partial charge in [0.1, 0.15) is 16.4 Å². The fraction of sp³-hybridized carbons (Fsp3) is 0.300. The van der Waals surface area contributed by atoms with Gasteiger partial charge in [-0.05, 0) is 80.6 Å².